The zero-order valence-electron chi connectivity index (χ0n) is 16.5. The molecule has 0 saturated heterocycles. The van der Waals surface area contributed by atoms with Gasteiger partial charge in [-0.15, -0.1) is 0 Å². The van der Waals surface area contributed by atoms with Gasteiger partial charge in [0.2, 0.25) is 11.8 Å². The number of hydrogen-bond acceptors (Lipinski definition) is 4. The fourth-order valence-electron chi connectivity index (χ4n) is 2.72. The second-order valence-electron chi connectivity index (χ2n) is 7.09. The molecule has 0 aliphatic carbocycles. The lowest BCUT2D eigenvalue weighted by atomic mass is 9.99. The topological polar surface area (TPSA) is 84.5 Å². The van der Waals surface area contributed by atoms with Crippen molar-refractivity contribution in [2.75, 3.05) is 7.11 Å². The van der Waals surface area contributed by atoms with E-state index >= 15 is 0 Å². The maximum absolute atomic E-state index is 12.6. The first-order valence-electron chi connectivity index (χ1n) is 8.85. The van der Waals surface area contributed by atoms with E-state index in [0.29, 0.717) is 12.8 Å². The van der Waals surface area contributed by atoms with E-state index < -0.39 is 18.1 Å². The van der Waals surface area contributed by atoms with Crippen LogP contribution in [-0.4, -0.2) is 37.0 Å². The highest BCUT2D eigenvalue weighted by atomic mass is 16.5. The predicted octanol–water partition coefficient (Wildman–Crippen LogP) is 2.05. The van der Waals surface area contributed by atoms with E-state index in [9.17, 15) is 14.4 Å². The Bertz CT molecular complexity index is 655. The summed E-state index contributed by atoms with van der Waals surface area (Å²) in [5.74, 6) is -0.959. The standard InChI is InChI=1S/C20H30N2O4/c1-12(2)9-17(21-15(5)23)19(24)22-18(20(25)26-6)11-16-8-7-13(3)14(4)10-16/h7-8,10,12,17-18H,9,11H2,1-6H3,(H,21,23)(H,22,24)/t17-,18+/m0/s1. The number of rotatable bonds is 8. The second kappa shape index (κ2) is 9.94. The monoisotopic (exact) mass is 362 g/mol. The Morgan fingerprint density at radius 1 is 1.04 bits per heavy atom. The average molecular weight is 362 g/mol. The molecule has 0 aliphatic rings. The van der Waals surface area contributed by atoms with Gasteiger partial charge >= 0.3 is 5.97 Å². The van der Waals surface area contributed by atoms with Crippen molar-refractivity contribution in [2.24, 2.45) is 5.92 Å². The molecule has 6 nitrogen and oxygen atoms in total. The van der Waals surface area contributed by atoms with Gasteiger partial charge in [-0.25, -0.2) is 4.79 Å². The summed E-state index contributed by atoms with van der Waals surface area (Å²) in [5, 5.41) is 5.38. The van der Waals surface area contributed by atoms with Crippen molar-refractivity contribution in [3.8, 4) is 0 Å². The van der Waals surface area contributed by atoms with Crippen LogP contribution in [0.15, 0.2) is 18.2 Å². The molecule has 2 atom stereocenters. The molecular formula is C20H30N2O4. The predicted molar refractivity (Wildman–Crippen MR) is 101 cm³/mol. The van der Waals surface area contributed by atoms with E-state index in [1.54, 1.807) is 0 Å². The number of nitrogens with one attached hydrogen (secondary N) is 2. The summed E-state index contributed by atoms with van der Waals surface area (Å²) in [6, 6.07) is 4.43. The largest absolute Gasteiger partial charge is 0.467 e. The van der Waals surface area contributed by atoms with Crippen LogP contribution in [0.3, 0.4) is 0 Å². The van der Waals surface area contributed by atoms with Crippen LogP contribution in [0.25, 0.3) is 0 Å². The molecule has 2 N–H and O–H groups in total. The molecule has 0 heterocycles. The van der Waals surface area contributed by atoms with Crippen LogP contribution in [0.1, 0.15) is 43.9 Å². The lowest BCUT2D eigenvalue weighted by Crippen LogP contribution is -2.52. The minimum atomic E-state index is -0.807. The highest BCUT2D eigenvalue weighted by Gasteiger charge is 2.27. The first-order chi connectivity index (χ1) is 12.1. The maximum atomic E-state index is 12.6. The molecule has 0 bridgehead atoms. The lowest BCUT2D eigenvalue weighted by Gasteiger charge is -2.23. The van der Waals surface area contributed by atoms with Crippen LogP contribution in [-0.2, 0) is 25.5 Å². The van der Waals surface area contributed by atoms with Crippen molar-refractivity contribution in [3.05, 3.63) is 34.9 Å². The molecule has 0 aromatic heterocycles. The molecule has 2 amide bonds. The minimum Gasteiger partial charge on any atom is -0.467 e. The van der Waals surface area contributed by atoms with E-state index in [2.05, 4.69) is 10.6 Å². The average Bonchev–Trinajstić information content (AvgIpc) is 2.55. The summed E-state index contributed by atoms with van der Waals surface area (Å²) >= 11 is 0. The van der Waals surface area contributed by atoms with Crippen molar-refractivity contribution >= 4 is 17.8 Å². The van der Waals surface area contributed by atoms with Crippen LogP contribution in [0, 0.1) is 19.8 Å². The van der Waals surface area contributed by atoms with Crippen LogP contribution in [0.2, 0.25) is 0 Å². The number of methoxy groups -OCH3 is 1. The number of carbonyl (C=O) groups excluding carboxylic acids is 3. The Morgan fingerprint density at radius 3 is 2.19 bits per heavy atom. The van der Waals surface area contributed by atoms with E-state index in [1.165, 1.54) is 14.0 Å². The smallest absolute Gasteiger partial charge is 0.328 e. The van der Waals surface area contributed by atoms with E-state index in [1.807, 2.05) is 45.9 Å². The third-order valence-corrected chi connectivity index (χ3v) is 4.21. The normalized spacial score (nSPS) is 13.0. The molecule has 0 fully saturated rings. The van der Waals surface area contributed by atoms with Crippen LogP contribution in [0.5, 0.6) is 0 Å². The van der Waals surface area contributed by atoms with Gasteiger partial charge in [-0.2, -0.15) is 0 Å². The quantitative estimate of drug-likeness (QED) is 0.693. The molecule has 1 aromatic carbocycles. The summed E-state index contributed by atoms with van der Waals surface area (Å²) in [7, 11) is 1.29. The molecule has 1 rings (SSSR count). The molecule has 0 aliphatic heterocycles. The summed E-state index contributed by atoms with van der Waals surface area (Å²) < 4.78 is 4.84. The van der Waals surface area contributed by atoms with E-state index in [-0.39, 0.29) is 17.7 Å². The van der Waals surface area contributed by atoms with Crippen molar-refractivity contribution in [1.29, 1.82) is 0 Å². The van der Waals surface area contributed by atoms with Gasteiger partial charge in [0.05, 0.1) is 7.11 Å². The number of benzene rings is 1. The molecule has 144 valence electrons. The molecule has 0 unspecified atom stereocenters. The van der Waals surface area contributed by atoms with Crippen molar-refractivity contribution < 1.29 is 19.1 Å². The first kappa shape index (κ1) is 21.7. The highest BCUT2D eigenvalue weighted by molar-refractivity contribution is 5.90. The van der Waals surface area contributed by atoms with E-state index in [0.717, 1.165) is 16.7 Å². The van der Waals surface area contributed by atoms with Crippen molar-refractivity contribution in [1.82, 2.24) is 10.6 Å². The Kier molecular flexibility index (Phi) is 8.29. The van der Waals surface area contributed by atoms with Gasteiger partial charge in [0.1, 0.15) is 12.1 Å². The van der Waals surface area contributed by atoms with Crippen molar-refractivity contribution in [2.45, 2.75) is 59.5 Å². The number of carbonyl (C=O) groups is 3. The summed E-state index contributed by atoms with van der Waals surface area (Å²) in [6.45, 7) is 9.32. The summed E-state index contributed by atoms with van der Waals surface area (Å²) in [6.07, 6.45) is 0.816. The Labute approximate surface area is 155 Å². The molecule has 0 saturated carbocycles. The number of esters is 1. The summed E-state index contributed by atoms with van der Waals surface area (Å²) in [5.41, 5.74) is 3.21. The fraction of sp³-hybridized carbons (Fsp3) is 0.550. The second-order valence-corrected chi connectivity index (χ2v) is 7.09. The molecule has 0 spiro atoms. The SMILES string of the molecule is COC(=O)[C@@H](Cc1ccc(C)c(C)c1)NC(=O)[C@H](CC(C)C)NC(C)=O. The van der Waals surface area contributed by atoms with Crippen LogP contribution < -0.4 is 10.6 Å². The zero-order chi connectivity index (χ0) is 19.9. The number of hydrogen-bond donors (Lipinski definition) is 2. The van der Waals surface area contributed by atoms with Crippen molar-refractivity contribution in [3.63, 3.8) is 0 Å². The van der Waals surface area contributed by atoms with Gasteiger partial charge in [0.25, 0.3) is 0 Å². The van der Waals surface area contributed by atoms with Gasteiger partial charge in [-0.05, 0) is 42.9 Å². The third-order valence-electron chi connectivity index (χ3n) is 4.21. The first-order valence-corrected chi connectivity index (χ1v) is 8.85. The van der Waals surface area contributed by atoms with Gasteiger partial charge < -0.3 is 15.4 Å². The maximum Gasteiger partial charge on any atom is 0.328 e. The molecule has 6 heteroatoms. The molecule has 0 radical (unpaired) electrons. The zero-order valence-corrected chi connectivity index (χ0v) is 16.5. The number of ether oxygens (including phenoxy) is 1. The van der Waals surface area contributed by atoms with Gasteiger partial charge in [-0.3, -0.25) is 9.59 Å². The van der Waals surface area contributed by atoms with Gasteiger partial charge in [-0.1, -0.05) is 32.0 Å². The van der Waals surface area contributed by atoms with Gasteiger partial charge in [0, 0.05) is 13.3 Å². The molecule has 1 aromatic rings. The van der Waals surface area contributed by atoms with Crippen LogP contribution >= 0.6 is 0 Å². The third kappa shape index (κ3) is 6.86. The van der Waals surface area contributed by atoms with E-state index in [4.69, 9.17) is 4.74 Å². The Morgan fingerprint density at radius 2 is 1.69 bits per heavy atom. The Hall–Kier alpha value is -2.37. The lowest BCUT2D eigenvalue weighted by molar-refractivity contribution is -0.145. The Balaban J connectivity index is 2.93. The number of amides is 2. The van der Waals surface area contributed by atoms with Gasteiger partial charge in [0.15, 0.2) is 0 Å². The highest BCUT2D eigenvalue weighted by Crippen LogP contribution is 2.13. The minimum absolute atomic E-state index is 0.217. The fourth-order valence-corrected chi connectivity index (χ4v) is 2.72. The van der Waals surface area contributed by atoms with Crippen LogP contribution in [0.4, 0.5) is 0 Å². The summed E-state index contributed by atoms with van der Waals surface area (Å²) in [4.78, 5) is 36.2. The molecule has 26 heavy (non-hydrogen) atoms. The molecular weight excluding hydrogens is 332 g/mol. The number of aryl methyl sites for hydroxylation is 2.